The fourth-order valence-corrected chi connectivity index (χ4v) is 3.82. The Bertz CT molecular complexity index is 961. The van der Waals surface area contributed by atoms with Crippen LogP contribution in [0.25, 0.3) is 11.1 Å². The van der Waals surface area contributed by atoms with Crippen molar-refractivity contribution < 1.29 is 38.3 Å². The molecule has 4 N–H and O–H groups in total. The van der Waals surface area contributed by atoms with Gasteiger partial charge >= 0.3 is 0 Å². The van der Waals surface area contributed by atoms with Crippen LogP contribution in [0.3, 0.4) is 0 Å². The lowest BCUT2D eigenvalue weighted by atomic mass is 9.99. The van der Waals surface area contributed by atoms with Gasteiger partial charge in [0, 0.05) is 6.26 Å². The Kier molecular flexibility index (Phi) is 6.49. The third-order valence-corrected chi connectivity index (χ3v) is 6.06. The third kappa shape index (κ3) is 4.72. The fourth-order valence-electron chi connectivity index (χ4n) is 2.96. The Hall–Kier alpha value is -1.72. The van der Waals surface area contributed by atoms with E-state index in [-0.39, 0.29) is 15.7 Å². The number of hydrogen-bond donors (Lipinski definition) is 4. The first-order valence-corrected chi connectivity index (χ1v) is 11.0. The number of benzene rings is 2. The van der Waals surface area contributed by atoms with Gasteiger partial charge in [0.25, 0.3) is 0 Å². The van der Waals surface area contributed by atoms with Crippen LogP contribution in [-0.2, 0) is 14.6 Å². The highest BCUT2D eigenvalue weighted by Crippen LogP contribution is 2.33. The molecule has 1 fully saturated rings. The van der Waals surface area contributed by atoms with Gasteiger partial charge in [0.05, 0.1) is 16.5 Å². The molecule has 10 heteroatoms. The lowest BCUT2D eigenvalue weighted by Crippen LogP contribution is -2.60. The summed E-state index contributed by atoms with van der Waals surface area (Å²) in [5, 5.41) is 39.1. The molecule has 1 saturated heterocycles. The summed E-state index contributed by atoms with van der Waals surface area (Å²) in [6.45, 7) is -0.569. The van der Waals surface area contributed by atoms with E-state index in [1.54, 1.807) is 24.3 Å². The number of ether oxygens (including phenoxy) is 2. The monoisotopic (exact) mass is 444 g/mol. The number of aliphatic hydroxyl groups is 4. The minimum Gasteiger partial charge on any atom is -0.460 e. The molecule has 0 aromatic heterocycles. The van der Waals surface area contributed by atoms with Gasteiger partial charge in [-0.2, -0.15) is 0 Å². The van der Waals surface area contributed by atoms with Gasteiger partial charge in [-0.25, -0.2) is 8.42 Å². The molecule has 3 rings (SSSR count). The smallest absolute Gasteiger partial charge is 0.229 e. The molecule has 1 aliphatic heterocycles. The molecule has 5 atom stereocenters. The molecule has 1 heterocycles. The SMILES string of the molecule is CS(=O)(=O)c1ccc(-c2ccc(OC3OC(CO)C(O)C(O)C3O)c(Cl)c2)cc1. The minimum atomic E-state index is -3.29. The highest BCUT2D eigenvalue weighted by Gasteiger charge is 2.44. The van der Waals surface area contributed by atoms with Gasteiger partial charge in [0.15, 0.2) is 9.84 Å². The lowest BCUT2D eigenvalue weighted by molar-refractivity contribution is -0.277. The zero-order valence-corrected chi connectivity index (χ0v) is 16.9. The summed E-state index contributed by atoms with van der Waals surface area (Å²) in [6.07, 6.45) is -5.90. The molecule has 0 saturated carbocycles. The zero-order valence-electron chi connectivity index (χ0n) is 15.3. The van der Waals surface area contributed by atoms with Crippen LogP contribution < -0.4 is 4.74 Å². The van der Waals surface area contributed by atoms with Crippen molar-refractivity contribution in [2.24, 2.45) is 0 Å². The first-order valence-electron chi connectivity index (χ1n) is 8.69. The van der Waals surface area contributed by atoms with Crippen LogP contribution in [-0.4, -0.2) is 72.4 Å². The molecule has 2 aromatic carbocycles. The van der Waals surface area contributed by atoms with Gasteiger partial charge < -0.3 is 29.9 Å². The molecule has 0 spiro atoms. The van der Waals surface area contributed by atoms with Gasteiger partial charge in [0.2, 0.25) is 6.29 Å². The second-order valence-corrected chi connectivity index (χ2v) is 9.18. The minimum absolute atomic E-state index is 0.160. The maximum atomic E-state index is 11.6. The summed E-state index contributed by atoms with van der Waals surface area (Å²) in [5.41, 5.74) is 1.44. The molecule has 158 valence electrons. The third-order valence-electron chi connectivity index (χ3n) is 4.64. The molecule has 8 nitrogen and oxygen atoms in total. The van der Waals surface area contributed by atoms with Crippen molar-refractivity contribution in [3.8, 4) is 16.9 Å². The summed E-state index contributed by atoms with van der Waals surface area (Å²) < 4.78 is 34.0. The van der Waals surface area contributed by atoms with Crippen molar-refractivity contribution in [2.45, 2.75) is 35.6 Å². The van der Waals surface area contributed by atoms with Crippen molar-refractivity contribution in [3.63, 3.8) is 0 Å². The molecule has 5 unspecified atom stereocenters. The maximum absolute atomic E-state index is 11.6. The Labute approximate surface area is 172 Å². The van der Waals surface area contributed by atoms with E-state index in [4.69, 9.17) is 21.1 Å². The largest absolute Gasteiger partial charge is 0.460 e. The first kappa shape index (κ1) is 22.0. The predicted molar refractivity (Wildman–Crippen MR) is 104 cm³/mol. The van der Waals surface area contributed by atoms with Crippen LogP contribution >= 0.6 is 11.6 Å². The van der Waals surface area contributed by atoms with E-state index < -0.39 is 47.2 Å². The molecule has 0 amide bonds. The van der Waals surface area contributed by atoms with Crippen molar-refractivity contribution in [3.05, 3.63) is 47.5 Å². The average Bonchev–Trinajstić information content (AvgIpc) is 2.69. The van der Waals surface area contributed by atoms with Crippen LogP contribution in [0, 0.1) is 0 Å². The maximum Gasteiger partial charge on any atom is 0.229 e. The second kappa shape index (κ2) is 8.57. The number of sulfone groups is 1. The highest BCUT2D eigenvalue weighted by molar-refractivity contribution is 7.90. The molecule has 0 radical (unpaired) electrons. The van der Waals surface area contributed by atoms with Gasteiger partial charge in [-0.05, 0) is 35.4 Å². The van der Waals surface area contributed by atoms with E-state index in [2.05, 4.69) is 0 Å². The predicted octanol–water partition coefficient (Wildman–Crippen LogP) is 0.589. The standard InChI is InChI=1S/C19H21ClO8S/c1-29(25,26)12-5-2-10(3-6-12)11-4-7-14(13(20)8-11)27-19-18(24)17(23)16(22)15(9-21)28-19/h2-8,15-19,21-24H,9H2,1H3. The molecular weight excluding hydrogens is 424 g/mol. The number of rotatable bonds is 5. The Morgan fingerprint density at radius 1 is 1.00 bits per heavy atom. The number of hydrogen-bond acceptors (Lipinski definition) is 8. The second-order valence-electron chi connectivity index (χ2n) is 6.76. The van der Waals surface area contributed by atoms with Crippen LogP contribution in [0.15, 0.2) is 47.4 Å². The molecule has 29 heavy (non-hydrogen) atoms. The zero-order chi connectivity index (χ0) is 21.3. The van der Waals surface area contributed by atoms with Crippen molar-refractivity contribution in [1.29, 1.82) is 0 Å². The topological polar surface area (TPSA) is 134 Å². The molecule has 0 bridgehead atoms. The summed E-state index contributed by atoms with van der Waals surface area (Å²) in [4.78, 5) is 0.204. The van der Waals surface area contributed by atoms with E-state index in [9.17, 15) is 28.8 Å². The van der Waals surface area contributed by atoms with E-state index in [1.165, 1.54) is 18.2 Å². The quantitative estimate of drug-likeness (QED) is 0.526. The van der Waals surface area contributed by atoms with E-state index in [0.29, 0.717) is 5.56 Å². The van der Waals surface area contributed by atoms with Crippen LogP contribution in [0.4, 0.5) is 0 Å². The number of aliphatic hydroxyl groups excluding tert-OH is 4. The Morgan fingerprint density at radius 3 is 2.17 bits per heavy atom. The summed E-state index contributed by atoms with van der Waals surface area (Å²) >= 11 is 6.27. The fraction of sp³-hybridized carbons (Fsp3) is 0.368. The molecule has 1 aliphatic rings. The Balaban J connectivity index is 1.79. The van der Waals surface area contributed by atoms with Crippen molar-refractivity contribution in [1.82, 2.24) is 0 Å². The van der Waals surface area contributed by atoms with E-state index >= 15 is 0 Å². The van der Waals surface area contributed by atoms with Crippen LogP contribution in [0.1, 0.15) is 0 Å². The summed E-state index contributed by atoms with van der Waals surface area (Å²) in [5.74, 6) is 0.160. The van der Waals surface area contributed by atoms with Crippen molar-refractivity contribution in [2.75, 3.05) is 12.9 Å². The summed E-state index contributed by atoms with van der Waals surface area (Å²) in [6, 6.07) is 11.1. The van der Waals surface area contributed by atoms with Gasteiger partial charge in [-0.15, -0.1) is 0 Å². The van der Waals surface area contributed by atoms with E-state index in [1.807, 2.05) is 0 Å². The van der Waals surface area contributed by atoms with Gasteiger partial charge in [-0.1, -0.05) is 29.8 Å². The van der Waals surface area contributed by atoms with Crippen LogP contribution in [0.5, 0.6) is 5.75 Å². The average molecular weight is 445 g/mol. The summed E-state index contributed by atoms with van der Waals surface area (Å²) in [7, 11) is -3.29. The van der Waals surface area contributed by atoms with Crippen LogP contribution in [0.2, 0.25) is 5.02 Å². The Morgan fingerprint density at radius 2 is 1.62 bits per heavy atom. The number of halogens is 1. The lowest BCUT2D eigenvalue weighted by Gasteiger charge is -2.39. The van der Waals surface area contributed by atoms with Crippen molar-refractivity contribution >= 4 is 21.4 Å². The van der Waals surface area contributed by atoms with E-state index in [0.717, 1.165) is 11.8 Å². The highest BCUT2D eigenvalue weighted by atomic mass is 35.5. The molecule has 2 aromatic rings. The van der Waals surface area contributed by atoms with Gasteiger partial charge in [-0.3, -0.25) is 0 Å². The normalized spacial score (nSPS) is 27.6. The molecular formula is C19H21ClO8S. The molecule has 0 aliphatic carbocycles. The van der Waals surface area contributed by atoms with Gasteiger partial charge in [0.1, 0.15) is 30.2 Å². The first-order chi connectivity index (χ1) is 13.6.